The highest BCUT2D eigenvalue weighted by Gasteiger charge is 2.03. The van der Waals surface area contributed by atoms with Crippen molar-refractivity contribution in [2.75, 3.05) is 5.32 Å². The number of rotatable bonds is 4. The highest BCUT2D eigenvalue weighted by Crippen LogP contribution is 2.05. The summed E-state index contributed by atoms with van der Waals surface area (Å²) in [6.07, 6.45) is 1.61. The molecule has 0 spiro atoms. The van der Waals surface area contributed by atoms with E-state index in [1.807, 2.05) is 12.1 Å². The van der Waals surface area contributed by atoms with Gasteiger partial charge in [-0.1, -0.05) is 5.10 Å². The number of nitrogens with two attached hydrogens (primary N) is 1. The van der Waals surface area contributed by atoms with Gasteiger partial charge in [-0.2, -0.15) is 10.2 Å². The van der Waals surface area contributed by atoms with Gasteiger partial charge in [0.05, 0.1) is 18.8 Å². The van der Waals surface area contributed by atoms with Crippen molar-refractivity contribution in [1.29, 1.82) is 0 Å². The third-order valence-corrected chi connectivity index (χ3v) is 1.69. The molecule has 0 bridgehead atoms. The van der Waals surface area contributed by atoms with E-state index in [0.717, 1.165) is 5.69 Å². The molecule has 0 radical (unpaired) electrons. The smallest absolute Gasteiger partial charge is 0.315 e. The summed E-state index contributed by atoms with van der Waals surface area (Å²) >= 11 is 0. The van der Waals surface area contributed by atoms with E-state index in [1.165, 1.54) is 0 Å². The van der Waals surface area contributed by atoms with Crippen LogP contribution in [-0.2, 0) is 13.1 Å². The Morgan fingerprint density at radius 2 is 2.27 bits per heavy atom. The quantitative estimate of drug-likeness (QED) is 0.721. The van der Waals surface area contributed by atoms with Gasteiger partial charge in [0.2, 0.25) is 5.89 Å². The average molecular weight is 206 g/mol. The molecule has 0 unspecified atom stereocenters. The van der Waals surface area contributed by atoms with Crippen molar-refractivity contribution < 1.29 is 4.42 Å². The van der Waals surface area contributed by atoms with Gasteiger partial charge < -0.3 is 15.5 Å². The Hall–Kier alpha value is -2.02. The SMILES string of the molecule is NCc1nnc(NCc2cccnn2)o1. The maximum absolute atomic E-state index is 5.32. The molecule has 0 atom stereocenters. The summed E-state index contributed by atoms with van der Waals surface area (Å²) < 4.78 is 5.15. The fraction of sp³-hybridized carbons (Fsp3) is 0.250. The second kappa shape index (κ2) is 4.47. The van der Waals surface area contributed by atoms with Gasteiger partial charge >= 0.3 is 6.01 Å². The normalized spacial score (nSPS) is 10.2. The molecule has 7 heteroatoms. The lowest BCUT2D eigenvalue weighted by atomic mass is 10.4. The zero-order valence-electron chi connectivity index (χ0n) is 7.92. The highest BCUT2D eigenvalue weighted by atomic mass is 16.4. The van der Waals surface area contributed by atoms with Crippen molar-refractivity contribution in [3.8, 4) is 0 Å². The molecule has 0 aliphatic carbocycles. The molecule has 0 aromatic carbocycles. The summed E-state index contributed by atoms with van der Waals surface area (Å²) in [5.41, 5.74) is 6.12. The minimum absolute atomic E-state index is 0.236. The standard InChI is InChI=1S/C8H10N6O/c9-4-7-13-14-8(15-7)10-5-6-2-1-3-11-12-6/h1-3H,4-5,9H2,(H,10,14). The van der Waals surface area contributed by atoms with E-state index in [4.69, 9.17) is 10.2 Å². The number of anilines is 1. The molecule has 0 saturated carbocycles. The summed E-state index contributed by atoms with van der Waals surface area (Å²) in [7, 11) is 0. The first kappa shape index (κ1) is 9.53. The van der Waals surface area contributed by atoms with Crippen LogP contribution in [0.1, 0.15) is 11.6 Å². The van der Waals surface area contributed by atoms with Gasteiger partial charge in [0.1, 0.15) is 0 Å². The van der Waals surface area contributed by atoms with Crippen LogP contribution in [0.4, 0.5) is 6.01 Å². The average Bonchev–Trinajstić information content (AvgIpc) is 2.76. The first-order chi connectivity index (χ1) is 7.38. The van der Waals surface area contributed by atoms with E-state index < -0.39 is 0 Å². The van der Waals surface area contributed by atoms with Crippen molar-refractivity contribution in [2.24, 2.45) is 5.73 Å². The Morgan fingerprint density at radius 1 is 1.33 bits per heavy atom. The van der Waals surface area contributed by atoms with Crippen LogP contribution in [-0.4, -0.2) is 20.4 Å². The first-order valence-corrected chi connectivity index (χ1v) is 4.41. The molecule has 2 aromatic rings. The van der Waals surface area contributed by atoms with Crippen LogP contribution in [0.15, 0.2) is 22.7 Å². The van der Waals surface area contributed by atoms with E-state index in [-0.39, 0.29) is 6.54 Å². The molecular formula is C8H10N6O. The van der Waals surface area contributed by atoms with E-state index >= 15 is 0 Å². The zero-order valence-corrected chi connectivity index (χ0v) is 7.92. The number of aromatic nitrogens is 4. The number of nitrogens with one attached hydrogen (secondary N) is 1. The van der Waals surface area contributed by atoms with Crippen LogP contribution in [0.25, 0.3) is 0 Å². The van der Waals surface area contributed by atoms with Gasteiger partial charge in [-0.3, -0.25) is 0 Å². The topological polar surface area (TPSA) is 103 Å². The van der Waals surface area contributed by atoms with E-state index in [1.54, 1.807) is 6.20 Å². The first-order valence-electron chi connectivity index (χ1n) is 4.41. The van der Waals surface area contributed by atoms with Crippen molar-refractivity contribution in [3.63, 3.8) is 0 Å². The maximum Gasteiger partial charge on any atom is 0.315 e. The minimum atomic E-state index is 0.236. The Bertz CT molecular complexity index is 414. The molecule has 78 valence electrons. The van der Waals surface area contributed by atoms with Crippen molar-refractivity contribution in [3.05, 3.63) is 29.9 Å². The summed E-state index contributed by atoms with van der Waals surface area (Å²) in [5, 5.41) is 18.0. The Labute approximate surface area is 85.7 Å². The van der Waals surface area contributed by atoms with E-state index in [9.17, 15) is 0 Å². The van der Waals surface area contributed by atoms with Crippen LogP contribution in [0.2, 0.25) is 0 Å². The summed E-state index contributed by atoms with van der Waals surface area (Å²) in [5.74, 6) is 0.400. The summed E-state index contributed by atoms with van der Waals surface area (Å²) in [6.45, 7) is 0.722. The molecule has 7 nitrogen and oxygen atoms in total. The highest BCUT2D eigenvalue weighted by molar-refractivity contribution is 5.19. The zero-order chi connectivity index (χ0) is 10.5. The molecule has 0 aliphatic rings. The molecule has 0 aliphatic heterocycles. The molecule has 2 aromatic heterocycles. The minimum Gasteiger partial charge on any atom is -0.407 e. The third-order valence-electron chi connectivity index (χ3n) is 1.69. The predicted molar refractivity (Wildman–Crippen MR) is 51.5 cm³/mol. The fourth-order valence-electron chi connectivity index (χ4n) is 1.00. The second-order valence-electron chi connectivity index (χ2n) is 2.77. The molecule has 2 heterocycles. The molecule has 3 N–H and O–H groups in total. The van der Waals surface area contributed by atoms with E-state index in [2.05, 4.69) is 25.7 Å². The van der Waals surface area contributed by atoms with Crippen LogP contribution >= 0.6 is 0 Å². The molecule has 0 fully saturated rings. The molecule has 0 saturated heterocycles. The van der Waals surface area contributed by atoms with Gasteiger partial charge in [-0.05, 0) is 12.1 Å². The van der Waals surface area contributed by atoms with Crippen molar-refractivity contribution >= 4 is 6.01 Å². The second-order valence-corrected chi connectivity index (χ2v) is 2.77. The fourth-order valence-corrected chi connectivity index (χ4v) is 1.00. The van der Waals surface area contributed by atoms with Crippen LogP contribution < -0.4 is 11.1 Å². The van der Waals surface area contributed by atoms with Crippen molar-refractivity contribution in [2.45, 2.75) is 13.1 Å². The molecular weight excluding hydrogens is 196 g/mol. The maximum atomic E-state index is 5.32. The van der Waals surface area contributed by atoms with Gasteiger partial charge in [0.25, 0.3) is 0 Å². The summed E-state index contributed by atoms with van der Waals surface area (Å²) in [6, 6.07) is 3.99. The van der Waals surface area contributed by atoms with E-state index in [0.29, 0.717) is 18.5 Å². The largest absolute Gasteiger partial charge is 0.407 e. The lowest BCUT2D eigenvalue weighted by Crippen LogP contribution is -2.02. The van der Waals surface area contributed by atoms with Crippen LogP contribution in [0, 0.1) is 0 Å². The number of nitrogens with zero attached hydrogens (tertiary/aromatic N) is 4. The Balaban J connectivity index is 1.93. The van der Waals surface area contributed by atoms with Crippen molar-refractivity contribution in [1.82, 2.24) is 20.4 Å². The van der Waals surface area contributed by atoms with Crippen LogP contribution in [0.5, 0.6) is 0 Å². The monoisotopic (exact) mass is 206 g/mol. The van der Waals surface area contributed by atoms with Gasteiger partial charge in [-0.25, -0.2) is 0 Å². The summed E-state index contributed by atoms with van der Waals surface area (Å²) in [4.78, 5) is 0. The molecule has 15 heavy (non-hydrogen) atoms. The van der Waals surface area contributed by atoms with Gasteiger partial charge in [0.15, 0.2) is 0 Å². The lowest BCUT2D eigenvalue weighted by Gasteiger charge is -1.98. The number of hydrogen-bond acceptors (Lipinski definition) is 7. The Kier molecular flexibility index (Phi) is 2.84. The Morgan fingerprint density at radius 3 is 2.93 bits per heavy atom. The van der Waals surface area contributed by atoms with Crippen LogP contribution in [0.3, 0.4) is 0 Å². The van der Waals surface area contributed by atoms with Gasteiger partial charge in [-0.15, -0.1) is 5.10 Å². The molecule has 2 rings (SSSR count). The predicted octanol–water partition coefficient (Wildman–Crippen LogP) is -0.0696. The molecule has 0 amide bonds. The number of hydrogen-bond donors (Lipinski definition) is 2. The third kappa shape index (κ3) is 2.47. The van der Waals surface area contributed by atoms with Gasteiger partial charge in [0, 0.05) is 6.20 Å². The lowest BCUT2D eigenvalue weighted by molar-refractivity contribution is 0.507.